The first-order valence-electron chi connectivity index (χ1n) is 4.73. The first kappa shape index (κ1) is 10.2. The molecule has 1 aromatic rings. The number of halogens is 2. The molecule has 5 heteroatoms. The Bertz CT molecular complexity index is 371. The van der Waals surface area contributed by atoms with Crippen molar-refractivity contribution in [2.75, 3.05) is 25.5 Å². The Kier molecular flexibility index (Phi) is 2.73. The average molecular weight is 214 g/mol. The lowest BCUT2D eigenvalue weighted by Crippen LogP contribution is -2.39. The van der Waals surface area contributed by atoms with Crippen LogP contribution < -0.4 is 15.4 Å². The van der Waals surface area contributed by atoms with Gasteiger partial charge in [0.05, 0.1) is 6.04 Å². The Balaban J connectivity index is 2.25. The van der Waals surface area contributed by atoms with E-state index in [2.05, 4.69) is 10.6 Å². The Morgan fingerprint density at radius 1 is 1.53 bits per heavy atom. The molecule has 0 aromatic heterocycles. The summed E-state index contributed by atoms with van der Waals surface area (Å²) in [5.41, 5.74) is 0.239. The summed E-state index contributed by atoms with van der Waals surface area (Å²) in [7, 11) is 1.80. The number of hydrogen-bond donors (Lipinski definition) is 2. The average Bonchev–Trinajstić information content (AvgIpc) is 2.19. The van der Waals surface area contributed by atoms with Crippen molar-refractivity contribution in [3.05, 3.63) is 23.8 Å². The molecular weight excluding hydrogens is 202 g/mol. The van der Waals surface area contributed by atoms with E-state index in [4.69, 9.17) is 4.74 Å². The van der Waals surface area contributed by atoms with Gasteiger partial charge < -0.3 is 15.4 Å². The quantitative estimate of drug-likeness (QED) is 0.779. The molecule has 1 heterocycles. The molecule has 0 fully saturated rings. The Morgan fingerprint density at radius 3 is 3.07 bits per heavy atom. The Labute approximate surface area is 86.4 Å². The fraction of sp³-hybridized carbons (Fsp3) is 0.400. The highest BCUT2D eigenvalue weighted by Gasteiger charge is 2.22. The van der Waals surface area contributed by atoms with E-state index < -0.39 is 11.6 Å². The van der Waals surface area contributed by atoms with Crippen LogP contribution in [0, 0.1) is 11.6 Å². The molecule has 3 nitrogen and oxygen atoms in total. The predicted octanol–water partition coefficient (Wildman–Crippen LogP) is 1.36. The van der Waals surface area contributed by atoms with Gasteiger partial charge in [-0.1, -0.05) is 0 Å². The molecule has 0 bridgehead atoms. The standard InChI is InChI=1S/C10H12F2N2O/c1-13-4-7-5-15-9-3-6(11)2-8(12)10(9)14-7/h2-3,7,13-14H,4-5H2,1H3. The normalized spacial score (nSPS) is 19.0. The molecule has 0 radical (unpaired) electrons. The van der Waals surface area contributed by atoms with Crippen LogP contribution in [0.4, 0.5) is 14.5 Å². The van der Waals surface area contributed by atoms with E-state index in [9.17, 15) is 8.78 Å². The van der Waals surface area contributed by atoms with E-state index in [0.29, 0.717) is 13.2 Å². The van der Waals surface area contributed by atoms with Gasteiger partial charge in [-0.25, -0.2) is 8.78 Å². The molecule has 1 aliphatic rings. The largest absolute Gasteiger partial charge is 0.489 e. The monoisotopic (exact) mass is 214 g/mol. The lowest BCUT2D eigenvalue weighted by atomic mass is 10.2. The van der Waals surface area contributed by atoms with Crippen LogP contribution in [-0.4, -0.2) is 26.2 Å². The van der Waals surface area contributed by atoms with E-state index in [-0.39, 0.29) is 17.5 Å². The van der Waals surface area contributed by atoms with E-state index in [0.717, 1.165) is 6.07 Å². The first-order valence-corrected chi connectivity index (χ1v) is 4.73. The maximum Gasteiger partial charge on any atom is 0.153 e. The molecule has 1 aliphatic heterocycles. The second kappa shape index (κ2) is 4.02. The predicted molar refractivity (Wildman–Crippen MR) is 53.2 cm³/mol. The summed E-state index contributed by atoms with van der Waals surface area (Å²) < 4.78 is 31.5. The topological polar surface area (TPSA) is 33.3 Å². The minimum atomic E-state index is -0.625. The molecule has 15 heavy (non-hydrogen) atoms. The van der Waals surface area contributed by atoms with E-state index in [1.54, 1.807) is 7.05 Å². The number of nitrogens with one attached hydrogen (secondary N) is 2. The van der Waals surface area contributed by atoms with Crippen molar-refractivity contribution in [2.24, 2.45) is 0 Å². The smallest absolute Gasteiger partial charge is 0.153 e. The van der Waals surface area contributed by atoms with Gasteiger partial charge in [0.1, 0.15) is 23.9 Å². The Morgan fingerprint density at radius 2 is 2.33 bits per heavy atom. The van der Waals surface area contributed by atoms with Gasteiger partial charge in [-0.2, -0.15) is 0 Å². The molecule has 0 spiro atoms. The molecule has 2 rings (SSSR count). The molecule has 2 N–H and O–H groups in total. The van der Waals surface area contributed by atoms with Crippen LogP contribution >= 0.6 is 0 Å². The van der Waals surface area contributed by atoms with Crippen LogP contribution in [0.25, 0.3) is 0 Å². The van der Waals surface area contributed by atoms with Gasteiger partial charge in [0.2, 0.25) is 0 Å². The van der Waals surface area contributed by atoms with Gasteiger partial charge in [0.15, 0.2) is 5.82 Å². The summed E-state index contributed by atoms with van der Waals surface area (Å²) in [4.78, 5) is 0. The van der Waals surface area contributed by atoms with Crippen LogP contribution in [0.5, 0.6) is 5.75 Å². The maximum atomic E-state index is 13.3. The molecule has 82 valence electrons. The summed E-state index contributed by atoms with van der Waals surface area (Å²) in [5.74, 6) is -1.01. The van der Waals surface area contributed by atoms with Crippen molar-refractivity contribution in [1.82, 2.24) is 5.32 Å². The number of rotatable bonds is 2. The van der Waals surface area contributed by atoms with E-state index in [1.165, 1.54) is 6.07 Å². The zero-order valence-corrected chi connectivity index (χ0v) is 8.31. The summed E-state index contributed by atoms with van der Waals surface area (Å²) >= 11 is 0. The summed E-state index contributed by atoms with van der Waals surface area (Å²) in [6.45, 7) is 1.06. The summed E-state index contributed by atoms with van der Waals surface area (Å²) in [6.07, 6.45) is 0. The highest BCUT2D eigenvalue weighted by Crippen LogP contribution is 2.32. The third-order valence-electron chi connectivity index (χ3n) is 2.26. The molecule has 0 amide bonds. The van der Waals surface area contributed by atoms with Gasteiger partial charge >= 0.3 is 0 Å². The SMILES string of the molecule is CNCC1COc2cc(F)cc(F)c2N1. The third-order valence-corrected chi connectivity index (χ3v) is 2.26. The molecule has 0 saturated heterocycles. The Hall–Kier alpha value is -1.36. The van der Waals surface area contributed by atoms with Crippen LogP contribution in [0.3, 0.4) is 0 Å². The second-order valence-electron chi connectivity index (χ2n) is 3.47. The number of benzene rings is 1. The van der Waals surface area contributed by atoms with Crippen molar-refractivity contribution in [2.45, 2.75) is 6.04 Å². The molecule has 1 atom stereocenters. The van der Waals surface area contributed by atoms with Crippen LogP contribution in [0.2, 0.25) is 0 Å². The molecule has 0 aliphatic carbocycles. The van der Waals surface area contributed by atoms with E-state index in [1.807, 2.05) is 0 Å². The van der Waals surface area contributed by atoms with Crippen molar-refractivity contribution < 1.29 is 13.5 Å². The number of fused-ring (bicyclic) bond motifs is 1. The van der Waals surface area contributed by atoms with Crippen LogP contribution in [0.15, 0.2) is 12.1 Å². The zero-order chi connectivity index (χ0) is 10.8. The van der Waals surface area contributed by atoms with Crippen molar-refractivity contribution in [3.63, 3.8) is 0 Å². The highest BCUT2D eigenvalue weighted by atomic mass is 19.1. The third kappa shape index (κ3) is 2.02. The van der Waals surface area contributed by atoms with Crippen LogP contribution in [0.1, 0.15) is 0 Å². The van der Waals surface area contributed by atoms with E-state index >= 15 is 0 Å². The minimum absolute atomic E-state index is 0.00228. The van der Waals surface area contributed by atoms with Crippen molar-refractivity contribution in [1.29, 1.82) is 0 Å². The maximum absolute atomic E-state index is 13.3. The highest BCUT2D eigenvalue weighted by molar-refractivity contribution is 5.59. The molecule has 1 unspecified atom stereocenters. The van der Waals surface area contributed by atoms with Crippen molar-refractivity contribution >= 4 is 5.69 Å². The zero-order valence-electron chi connectivity index (χ0n) is 8.31. The number of anilines is 1. The lowest BCUT2D eigenvalue weighted by Gasteiger charge is -2.27. The lowest BCUT2D eigenvalue weighted by molar-refractivity contribution is 0.278. The molecular formula is C10H12F2N2O. The van der Waals surface area contributed by atoms with Gasteiger partial charge in [0, 0.05) is 18.7 Å². The van der Waals surface area contributed by atoms with Gasteiger partial charge in [-0.05, 0) is 7.05 Å². The minimum Gasteiger partial charge on any atom is -0.489 e. The molecule has 1 aromatic carbocycles. The second-order valence-corrected chi connectivity index (χ2v) is 3.47. The fourth-order valence-electron chi connectivity index (χ4n) is 1.60. The summed E-state index contributed by atoms with van der Waals surface area (Å²) in [5, 5.41) is 5.92. The fourth-order valence-corrected chi connectivity index (χ4v) is 1.60. The summed E-state index contributed by atoms with van der Waals surface area (Å²) in [6, 6.07) is 2.03. The number of ether oxygens (including phenoxy) is 1. The number of likely N-dealkylation sites (N-methyl/N-ethyl adjacent to an activating group) is 1. The molecule has 0 saturated carbocycles. The van der Waals surface area contributed by atoms with Gasteiger partial charge in [-0.3, -0.25) is 0 Å². The van der Waals surface area contributed by atoms with Crippen molar-refractivity contribution in [3.8, 4) is 5.75 Å². The van der Waals surface area contributed by atoms with Gasteiger partial charge in [-0.15, -0.1) is 0 Å². The van der Waals surface area contributed by atoms with Crippen LogP contribution in [-0.2, 0) is 0 Å². The first-order chi connectivity index (χ1) is 7.20. The van der Waals surface area contributed by atoms with Gasteiger partial charge in [0.25, 0.3) is 0 Å². The number of hydrogen-bond acceptors (Lipinski definition) is 3.